The fraction of sp³-hybridized carbons (Fsp3) is 0.800. The smallest absolute Gasteiger partial charge is 0.351 e. The van der Waals surface area contributed by atoms with Gasteiger partial charge in [0.2, 0.25) is 0 Å². The molecule has 0 amide bonds. The molecule has 2 bridgehead atoms. The Kier molecular flexibility index (Phi) is 5.38. The van der Waals surface area contributed by atoms with E-state index in [4.69, 9.17) is 24.7 Å². The second-order valence-electron chi connectivity index (χ2n) is 9.71. The number of aromatic nitrogens is 2. The van der Waals surface area contributed by atoms with Crippen molar-refractivity contribution >= 4 is 5.82 Å². The van der Waals surface area contributed by atoms with Crippen LogP contribution < -0.4 is 11.4 Å². The van der Waals surface area contributed by atoms with E-state index in [1.807, 2.05) is 48.5 Å². The monoisotopic (exact) mass is 395 g/mol. The Balaban J connectivity index is 2.01. The maximum Gasteiger partial charge on any atom is 0.351 e. The third kappa shape index (κ3) is 4.25. The maximum atomic E-state index is 12.5. The standard InChI is InChI=1S/C20H33N3O5/c1-12-10-23(17(24)22-15(12)21)16-13-14(27-19(5,6)7)20(28-16,8-9-25-13)11-26-18(2,3)4/h10,13-14,16H,8-9,11H2,1-7H3,(H2,21,22,24)/t13-,14?,16+,20+/m0/s1. The molecular formula is C20H33N3O5. The third-order valence-electron chi connectivity index (χ3n) is 4.97. The Morgan fingerprint density at radius 3 is 2.57 bits per heavy atom. The number of fused-ring (bicyclic) bond motifs is 2. The molecule has 2 fully saturated rings. The lowest BCUT2D eigenvalue weighted by molar-refractivity contribution is -0.213. The molecule has 3 heterocycles. The highest BCUT2D eigenvalue weighted by Gasteiger charge is 2.61. The summed E-state index contributed by atoms with van der Waals surface area (Å²) in [5.74, 6) is 0.219. The molecule has 0 radical (unpaired) electrons. The lowest BCUT2D eigenvalue weighted by Crippen LogP contribution is -2.56. The predicted octanol–water partition coefficient (Wildman–Crippen LogP) is 2.19. The molecule has 8 heteroatoms. The Morgan fingerprint density at radius 1 is 1.29 bits per heavy atom. The molecule has 1 aromatic rings. The predicted molar refractivity (Wildman–Crippen MR) is 105 cm³/mol. The van der Waals surface area contributed by atoms with Crippen LogP contribution in [-0.2, 0) is 18.9 Å². The zero-order valence-electron chi connectivity index (χ0n) is 17.9. The van der Waals surface area contributed by atoms with Crippen LogP contribution in [0.3, 0.4) is 0 Å². The van der Waals surface area contributed by atoms with E-state index in [0.717, 1.165) is 0 Å². The van der Waals surface area contributed by atoms with Crippen LogP contribution in [-0.4, -0.2) is 51.8 Å². The average Bonchev–Trinajstić information content (AvgIpc) is 2.71. The number of hydrogen-bond donors (Lipinski definition) is 1. The van der Waals surface area contributed by atoms with Gasteiger partial charge in [-0.3, -0.25) is 4.57 Å². The Bertz CT molecular complexity index is 780. The van der Waals surface area contributed by atoms with Gasteiger partial charge in [0, 0.05) is 18.2 Å². The molecule has 1 unspecified atom stereocenters. The van der Waals surface area contributed by atoms with Crippen molar-refractivity contribution in [2.75, 3.05) is 18.9 Å². The topological polar surface area (TPSA) is 97.8 Å². The van der Waals surface area contributed by atoms with Crippen molar-refractivity contribution in [3.05, 3.63) is 22.2 Å². The Morgan fingerprint density at radius 2 is 1.96 bits per heavy atom. The van der Waals surface area contributed by atoms with Gasteiger partial charge >= 0.3 is 5.69 Å². The summed E-state index contributed by atoms with van der Waals surface area (Å²) in [6, 6.07) is 0. The summed E-state index contributed by atoms with van der Waals surface area (Å²) in [6.45, 7) is 14.7. The van der Waals surface area contributed by atoms with Crippen LogP contribution in [0.25, 0.3) is 0 Å². The molecule has 28 heavy (non-hydrogen) atoms. The summed E-state index contributed by atoms with van der Waals surface area (Å²) in [5.41, 5.74) is 4.59. The Labute approximate surface area is 166 Å². The largest absolute Gasteiger partial charge is 0.383 e. The van der Waals surface area contributed by atoms with Crippen molar-refractivity contribution in [2.24, 2.45) is 0 Å². The zero-order chi connectivity index (χ0) is 20.9. The van der Waals surface area contributed by atoms with Crippen molar-refractivity contribution in [1.82, 2.24) is 9.55 Å². The van der Waals surface area contributed by atoms with Gasteiger partial charge in [-0.1, -0.05) is 0 Å². The lowest BCUT2D eigenvalue weighted by Gasteiger charge is -2.42. The average molecular weight is 396 g/mol. The van der Waals surface area contributed by atoms with Gasteiger partial charge in [-0.15, -0.1) is 0 Å². The quantitative estimate of drug-likeness (QED) is 0.834. The number of nitrogens with two attached hydrogens (primary N) is 1. The molecule has 0 spiro atoms. The van der Waals surface area contributed by atoms with Gasteiger partial charge in [0.25, 0.3) is 0 Å². The van der Waals surface area contributed by atoms with Crippen LogP contribution in [0.2, 0.25) is 0 Å². The molecule has 3 rings (SSSR count). The number of aryl methyl sites for hydroxylation is 1. The van der Waals surface area contributed by atoms with Crippen molar-refractivity contribution < 1.29 is 18.9 Å². The molecule has 0 saturated carbocycles. The highest BCUT2D eigenvalue weighted by molar-refractivity contribution is 5.35. The summed E-state index contributed by atoms with van der Waals surface area (Å²) in [5, 5.41) is 0. The molecule has 158 valence electrons. The van der Waals surface area contributed by atoms with Gasteiger partial charge in [0.15, 0.2) is 6.23 Å². The van der Waals surface area contributed by atoms with Crippen molar-refractivity contribution in [1.29, 1.82) is 0 Å². The van der Waals surface area contributed by atoms with Crippen molar-refractivity contribution in [3.63, 3.8) is 0 Å². The maximum absolute atomic E-state index is 12.5. The van der Waals surface area contributed by atoms with Crippen LogP contribution in [0.15, 0.2) is 11.0 Å². The molecule has 2 aliphatic rings. The number of hydrogen-bond acceptors (Lipinski definition) is 7. The molecule has 2 saturated heterocycles. The molecule has 0 aliphatic carbocycles. The van der Waals surface area contributed by atoms with E-state index in [1.54, 1.807) is 6.20 Å². The minimum Gasteiger partial charge on any atom is -0.383 e. The van der Waals surface area contributed by atoms with Crippen LogP contribution in [0.1, 0.15) is 59.8 Å². The first-order valence-corrected chi connectivity index (χ1v) is 9.78. The number of anilines is 1. The van der Waals surface area contributed by atoms with E-state index in [1.165, 1.54) is 4.57 Å². The first-order valence-electron chi connectivity index (χ1n) is 9.78. The number of ether oxygens (including phenoxy) is 4. The third-order valence-corrected chi connectivity index (χ3v) is 4.97. The summed E-state index contributed by atoms with van der Waals surface area (Å²) in [6.07, 6.45) is 0.814. The second-order valence-corrected chi connectivity index (χ2v) is 9.71. The molecule has 2 N–H and O–H groups in total. The molecule has 0 aromatic carbocycles. The van der Waals surface area contributed by atoms with Crippen LogP contribution in [0.5, 0.6) is 0 Å². The zero-order valence-corrected chi connectivity index (χ0v) is 17.9. The van der Waals surface area contributed by atoms with E-state index in [9.17, 15) is 4.79 Å². The SMILES string of the molecule is Cc1cn([C@@H]2O[C@@]3(COC(C)(C)C)CCO[C@H]2C3OC(C)(C)C)c(=O)nc1N. The number of rotatable bonds is 4. The highest BCUT2D eigenvalue weighted by atomic mass is 16.7. The van der Waals surface area contributed by atoms with Gasteiger partial charge in [0.05, 0.1) is 24.4 Å². The van der Waals surface area contributed by atoms with E-state index in [-0.39, 0.29) is 17.5 Å². The fourth-order valence-corrected chi connectivity index (χ4v) is 3.62. The van der Waals surface area contributed by atoms with Gasteiger partial charge in [-0.05, 0) is 48.5 Å². The normalized spacial score (nSPS) is 30.6. The summed E-state index contributed by atoms with van der Waals surface area (Å²) in [4.78, 5) is 16.5. The minimum absolute atomic E-state index is 0.219. The van der Waals surface area contributed by atoms with Crippen molar-refractivity contribution in [2.45, 2.75) is 90.1 Å². The first kappa shape index (κ1) is 21.2. The van der Waals surface area contributed by atoms with Crippen LogP contribution in [0.4, 0.5) is 5.82 Å². The van der Waals surface area contributed by atoms with E-state index in [0.29, 0.717) is 25.2 Å². The summed E-state index contributed by atoms with van der Waals surface area (Å²) >= 11 is 0. The molecule has 1 aromatic heterocycles. The molecule has 4 atom stereocenters. The lowest BCUT2D eigenvalue weighted by atomic mass is 9.89. The summed E-state index contributed by atoms with van der Waals surface area (Å²) < 4.78 is 26.5. The van der Waals surface area contributed by atoms with Crippen LogP contribution in [0, 0.1) is 6.92 Å². The van der Waals surface area contributed by atoms with Gasteiger partial charge in [-0.2, -0.15) is 4.98 Å². The molecular weight excluding hydrogens is 362 g/mol. The van der Waals surface area contributed by atoms with E-state index >= 15 is 0 Å². The number of nitrogen functional groups attached to an aromatic ring is 1. The van der Waals surface area contributed by atoms with E-state index in [2.05, 4.69) is 4.98 Å². The van der Waals surface area contributed by atoms with Gasteiger partial charge < -0.3 is 24.7 Å². The molecule has 8 nitrogen and oxygen atoms in total. The van der Waals surface area contributed by atoms with Crippen LogP contribution >= 0.6 is 0 Å². The van der Waals surface area contributed by atoms with E-state index < -0.39 is 29.2 Å². The molecule has 2 aliphatic heterocycles. The van der Waals surface area contributed by atoms with Gasteiger partial charge in [0.1, 0.15) is 23.6 Å². The summed E-state index contributed by atoms with van der Waals surface area (Å²) in [7, 11) is 0. The second kappa shape index (κ2) is 7.09. The fourth-order valence-electron chi connectivity index (χ4n) is 3.62. The highest BCUT2D eigenvalue weighted by Crippen LogP contribution is 2.47. The van der Waals surface area contributed by atoms with Gasteiger partial charge in [-0.25, -0.2) is 4.79 Å². The number of nitrogens with zero attached hydrogens (tertiary/aromatic N) is 2. The first-order chi connectivity index (χ1) is 12.8. The van der Waals surface area contributed by atoms with Crippen molar-refractivity contribution in [3.8, 4) is 0 Å². The Hall–Kier alpha value is -1.48. The minimum atomic E-state index is -0.705.